The highest BCUT2D eigenvalue weighted by Crippen LogP contribution is 2.25. The predicted molar refractivity (Wildman–Crippen MR) is 84.3 cm³/mol. The van der Waals surface area contributed by atoms with Gasteiger partial charge in [-0.25, -0.2) is 0 Å². The third-order valence-electron chi connectivity index (χ3n) is 3.21. The van der Waals surface area contributed by atoms with Gasteiger partial charge in [-0.05, 0) is 11.6 Å². The van der Waals surface area contributed by atoms with Crippen LogP contribution < -0.4 is 4.87 Å². The molecule has 102 valence electrons. The minimum atomic E-state index is -0.0124. The van der Waals surface area contributed by atoms with Gasteiger partial charge in [0.1, 0.15) is 0 Å². The van der Waals surface area contributed by atoms with Gasteiger partial charge in [0.15, 0.2) is 0 Å². The molecule has 1 aromatic heterocycles. The molecule has 0 radical (unpaired) electrons. The number of nitriles is 1. The average molecular weight is 292 g/mol. The van der Waals surface area contributed by atoms with Gasteiger partial charge in [-0.1, -0.05) is 59.9 Å². The fraction of sp³-hybridized carbons (Fsp3) is 0.0588. The Morgan fingerprint density at radius 3 is 2.52 bits per heavy atom. The van der Waals surface area contributed by atoms with Crippen LogP contribution in [-0.4, -0.2) is 4.57 Å². The molecule has 0 N–H and O–H groups in total. The van der Waals surface area contributed by atoms with E-state index in [4.69, 9.17) is 5.26 Å². The molecule has 21 heavy (non-hydrogen) atoms. The van der Waals surface area contributed by atoms with Crippen molar-refractivity contribution < 1.29 is 0 Å². The molecule has 4 heteroatoms. The van der Waals surface area contributed by atoms with Crippen LogP contribution in [0.5, 0.6) is 0 Å². The van der Waals surface area contributed by atoms with Crippen LogP contribution in [0.1, 0.15) is 11.1 Å². The number of aromatic nitrogens is 1. The summed E-state index contributed by atoms with van der Waals surface area (Å²) in [4.78, 5) is 12.9. The van der Waals surface area contributed by atoms with Gasteiger partial charge in [-0.15, -0.1) is 0 Å². The topological polar surface area (TPSA) is 45.8 Å². The lowest BCUT2D eigenvalue weighted by molar-refractivity contribution is 0.785. The summed E-state index contributed by atoms with van der Waals surface area (Å²) in [6, 6.07) is 19.4. The van der Waals surface area contributed by atoms with Crippen molar-refractivity contribution in [2.45, 2.75) is 6.54 Å². The van der Waals surface area contributed by atoms with Crippen LogP contribution in [0.15, 0.2) is 65.6 Å². The standard InChI is InChI=1S/C17H12N2OS/c18-10-14-8-4-5-9-15(14)16-12-19(17(20)21-16)11-13-6-2-1-3-7-13/h1-9,12H,11H2. The molecule has 0 aliphatic heterocycles. The van der Waals surface area contributed by atoms with E-state index in [9.17, 15) is 4.79 Å². The molecule has 2 aromatic carbocycles. The Morgan fingerprint density at radius 2 is 1.76 bits per heavy atom. The van der Waals surface area contributed by atoms with Crippen molar-refractivity contribution >= 4 is 11.3 Å². The molecule has 0 fully saturated rings. The summed E-state index contributed by atoms with van der Waals surface area (Å²) in [5.41, 5.74) is 2.48. The Labute approximate surface area is 126 Å². The molecular formula is C17H12N2OS. The molecule has 3 rings (SSSR count). The first-order valence-corrected chi connectivity index (χ1v) is 7.33. The summed E-state index contributed by atoms with van der Waals surface area (Å²) in [5.74, 6) is 0. The van der Waals surface area contributed by atoms with E-state index in [2.05, 4.69) is 6.07 Å². The summed E-state index contributed by atoms with van der Waals surface area (Å²) >= 11 is 1.17. The van der Waals surface area contributed by atoms with Crippen LogP contribution >= 0.6 is 11.3 Å². The monoisotopic (exact) mass is 292 g/mol. The molecule has 0 aliphatic rings. The lowest BCUT2D eigenvalue weighted by atomic mass is 10.1. The van der Waals surface area contributed by atoms with Crippen LogP contribution in [0, 0.1) is 11.3 Å². The van der Waals surface area contributed by atoms with Crippen LogP contribution in [0.3, 0.4) is 0 Å². The number of nitrogens with zero attached hydrogens (tertiary/aromatic N) is 2. The van der Waals surface area contributed by atoms with Crippen molar-refractivity contribution in [2.75, 3.05) is 0 Å². The van der Waals surface area contributed by atoms with Gasteiger partial charge in [0.25, 0.3) is 0 Å². The van der Waals surface area contributed by atoms with E-state index in [0.717, 1.165) is 16.0 Å². The molecule has 1 heterocycles. The minimum absolute atomic E-state index is 0.0124. The Kier molecular flexibility index (Phi) is 3.67. The van der Waals surface area contributed by atoms with E-state index in [1.54, 1.807) is 10.6 Å². The van der Waals surface area contributed by atoms with Gasteiger partial charge in [0, 0.05) is 11.8 Å². The van der Waals surface area contributed by atoms with Gasteiger partial charge in [0.05, 0.1) is 23.1 Å². The van der Waals surface area contributed by atoms with Crippen molar-refractivity contribution in [3.05, 3.63) is 81.6 Å². The van der Waals surface area contributed by atoms with Crippen LogP contribution in [0.25, 0.3) is 10.4 Å². The van der Waals surface area contributed by atoms with Crippen LogP contribution in [-0.2, 0) is 6.54 Å². The average Bonchev–Trinajstić information content (AvgIpc) is 2.89. The van der Waals surface area contributed by atoms with Gasteiger partial charge >= 0.3 is 4.87 Å². The molecule has 3 nitrogen and oxygen atoms in total. The van der Waals surface area contributed by atoms with E-state index >= 15 is 0 Å². The number of hydrogen-bond acceptors (Lipinski definition) is 3. The third kappa shape index (κ3) is 2.78. The highest BCUT2D eigenvalue weighted by molar-refractivity contribution is 7.12. The Morgan fingerprint density at radius 1 is 1.05 bits per heavy atom. The number of benzene rings is 2. The number of hydrogen-bond donors (Lipinski definition) is 0. The second-order valence-corrected chi connectivity index (χ2v) is 5.63. The molecule has 3 aromatic rings. The largest absolute Gasteiger partial charge is 0.307 e. The molecule has 0 saturated carbocycles. The fourth-order valence-corrected chi connectivity index (χ4v) is 3.07. The Bertz CT molecular complexity index is 856. The van der Waals surface area contributed by atoms with Crippen molar-refractivity contribution in [3.63, 3.8) is 0 Å². The van der Waals surface area contributed by atoms with Crippen LogP contribution in [0.4, 0.5) is 0 Å². The van der Waals surface area contributed by atoms with Crippen molar-refractivity contribution in [1.82, 2.24) is 4.57 Å². The zero-order valence-corrected chi connectivity index (χ0v) is 12.0. The fourth-order valence-electron chi connectivity index (χ4n) is 2.18. The first kappa shape index (κ1) is 13.3. The van der Waals surface area contributed by atoms with Crippen molar-refractivity contribution in [1.29, 1.82) is 5.26 Å². The Balaban J connectivity index is 1.99. The maximum atomic E-state index is 12.1. The second-order valence-electron chi connectivity index (χ2n) is 4.63. The molecule has 0 saturated heterocycles. The molecule has 0 atom stereocenters. The number of thiazole rings is 1. The zero-order valence-electron chi connectivity index (χ0n) is 11.2. The van der Waals surface area contributed by atoms with E-state index in [0.29, 0.717) is 12.1 Å². The summed E-state index contributed by atoms with van der Waals surface area (Å²) in [6.45, 7) is 0.547. The molecule has 0 aliphatic carbocycles. The van der Waals surface area contributed by atoms with E-state index in [1.807, 2.05) is 54.7 Å². The predicted octanol–water partition coefficient (Wildman–Crippen LogP) is 3.50. The normalized spacial score (nSPS) is 10.2. The first-order chi connectivity index (χ1) is 10.3. The molecule has 0 unspecified atom stereocenters. The Hall–Kier alpha value is -2.64. The van der Waals surface area contributed by atoms with Crippen molar-refractivity contribution in [2.24, 2.45) is 0 Å². The van der Waals surface area contributed by atoms with Gasteiger partial charge < -0.3 is 4.57 Å². The van der Waals surface area contributed by atoms with Crippen molar-refractivity contribution in [3.8, 4) is 16.5 Å². The molecule has 0 bridgehead atoms. The lowest BCUT2D eigenvalue weighted by Gasteiger charge is -2.01. The van der Waals surface area contributed by atoms with E-state index in [1.165, 1.54) is 11.3 Å². The molecule has 0 spiro atoms. The van der Waals surface area contributed by atoms with Crippen LogP contribution in [0.2, 0.25) is 0 Å². The van der Waals surface area contributed by atoms with E-state index in [-0.39, 0.29) is 4.87 Å². The summed E-state index contributed by atoms with van der Waals surface area (Å²) in [5, 5.41) is 9.16. The molecular weight excluding hydrogens is 280 g/mol. The highest BCUT2D eigenvalue weighted by Gasteiger charge is 2.10. The lowest BCUT2D eigenvalue weighted by Crippen LogP contribution is -2.12. The quantitative estimate of drug-likeness (QED) is 0.741. The maximum Gasteiger partial charge on any atom is 0.307 e. The summed E-state index contributed by atoms with van der Waals surface area (Å²) in [7, 11) is 0. The van der Waals surface area contributed by atoms with Gasteiger partial charge in [-0.3, -0.25) is 4.79 Å². The minimum Gasteiger partial charge on any atom is -0.301 e. The second kappa shape index (κ2) is 5.78. The third-order valence-corrected chi connectivity index (χ3v) is 4.17. The SMILES string of the molecule is N#Cc1ccccc1-c1cn(Cc2ccccc2)c(=O)s1. The van der Waals surface area contributed by atoms with Gasteiger partial charge in [0.2, 0.25) is 0 Å². The first-order valence-electron chi connectivity index (χ1n) is 6.51. The smallest absolute Gasteiger partial charge is 0.301 e. The zero-order chi connectivity index (χ0) is 14.7. The van der Waals surface area contributed by atoms with Gasteiger partial charge in [-0.2, -0.15) is 5.26 Å². The summed E-state index contributed by atoms with van der Waals surface area (Å²) in [6.07, 6.45) is 1.83. The number of rotatable bonds is 3. The van der Waals surface area contributed by atoms with E-state index < -0.39 is 0 Å². The maximum absolute atomic E-state index is 12.1. The molecule has 0 amide bonds. The highest BCUT2D eigenvalue weighted by atomic mass is 32.1. The summed E-state index contributed by atoms with van der Waals surface area (Å²) < 4.78 is 1.68.